The highest BCUT2D eigenvalue weighted by Crippen LogP contribution is 2.17. The molecule has 0 bridgehead atoms. The van der Waals surface area contributed by atoms with E-state index in [4.69, 9.17) is 14.2 Å². The molecule has 2 aliphatic heterocycles. The summed E-state index contributed by atoms with van der Waals surface area (Å²) in [5.41, 5.74) is 0. The molecule has 0 N–H and O–H groups in total. The predicted octanol–water partition coefficient (Wildman–Crippen LogP) is 2.78. The molecule has 0 aromatic carbocycles. The summed E-state index contributed by atoms with van der Waals surface area (Å²) >= 11 is 0. The fraction of sp³-hybridized carbons (Fsp3) is 1.00. The maximum atomic E-state index is 6.06. The van der Waals surface area contributed by atoms with Crippen LogP contribution in [0.4, 0.5) is 0 Å². The fourth-order valence-electron chi connectivity index (χ4n) is 3.77. The third kappa shape index (κ3) is 7.14. The zero-order valence-corrected chi connectivity index (χ0v) is 16.9. The van der Waals surface area contributed by atoms with E-state index in [0.717, 1.165) is 78.2 Å². The Kier molecular flexibility index (Phi) is 9.71. The molecule has 0 amide bonds. The van der Waals surface area contributed by atoms with Crippen LogP contribution in [0.1, 0.15) is 53.4 Å². The van der Waals surface area contributed by atoms with E-state index in [1.54, 1.807) is 0 Å². The molecule has 5 nitrogen and oxygen atoms in total. The van der Waals surface area contributed by atoms with Gasteiger partial charge in [-0.3, -0.25) is 9.80 Å². The van der Waals surface area contributed by atoms with Crippen LogP contribution in [0.2, 0.25) is 0 Å². The first kappa shape index (κ1) is 21.1. The van der Waals surface area contributed by atoms with Crippen LogP contribution >= 0.6 is 0 Å². The Labute approximate surface area is 155 Å². The molecule has 2 rings (SSSR count). The van der Waals surface area contributed by atoms with Crippen molar-refractivity contribution in [1.29, 1.82) is 0 Å². The van der Waals surface area contributed by atoms with Gasteiger partial charge in [0.15, 0.2) is 0 Å². The lowest BCUT2D eigenvalue weighted by atomic mass is 10.1. The summed E-state index contributed by atoms with van der Waals surface area (Å²) in [5.74, 6) is 0. The number of hydrogen-bond acceptors (Lipinski definition) is 5. The second-order valence-electron chi connectivity index (χ2n) is 7.52. The van der Waals surface area contributed by atoms with Crippen molar-refractivity contribution in [3.05, 3.63) is 0 Å². The molecule has 2 fully saturated rings. The van der Waals surface area contributed by atoms with Crippen LogP contribution in [0, 0.1) is 0 Å². The molecule has 0 aromatic rings. The molecule has 2 saturated heterocycles. The summed E-state index contributed by atoms with van der Waals surface area (Å²) in [5, 5.41) is 0. The van der Waals surface area contributed by atoms with E-state index in [9.17, 15) is 0 Å². The SMILES string of the molecule is CCC1CN(CCOCCN2CC(CC)OC(CC)C2)CC(CC)O1. The first-order valence-electron chi connectivity index (χ1n) is 10.5. The standard InChI is InChI=1S/C20H40N2O3/c1-5-17-13-21(14-18(6-2)24-17)9-11-23-12-10-22-15-19(7-3)25-20(8-4)16-22/h17-20H,5-16H2,1-4H3. The average Bonchev–Trinajstić information content (AvgIpc) is 2.66. The summed E-state index contributed by atoms with van der Waals surface area (Å²) in [6.07, 6.45) is 5.97. The van der Waals surface area contributed by atoms with Gasteiger partial charge in [0.25, 0.3) is 0 Å². The van der Waals surface area contributed by atoms with E-state index >= 15 is 0 Å². The quantitative estimate of drug-likeness (QED) is 0.562. The molecular weight excluding hydrogens is 316 g/mol. The number of morpholine rings is 2. The highest BCUT2D eigenvalue weighted by atomic mass is 16.5. The van der Waals surface area contributed by atoms with Gasteiger partial charge in [0.2, 0.25) is 0 Å². The molecular formula is C20H40N2O3. The average molecular weight is 357 g/mol. The summed E-state index contributed by atoms with van der Waals surface area (Å²) in [6, 6.07) is 0. The lowest BCUT2D eigenvalue weighted by Gasteiger charge is -2.38. The van der Waals surface area contributed by atoms with Gasteiger partial charge < -0.3 is 14.2 Å². The van der Waals surface area contributed by atoms with Gasteiger partial charge in [-0.15, -0.1) is 0 Å². The molecule has 2 heterocycles. The van der Waals surface area contributed by atoms with E-state index in [2.05, 4.69) is 37.5 Å². The zero-order valence-electron chi connectivity index (χ0n) is 16.9. The van der Waals surface area contributed by atoms with Crippen molar-refractivity contribution in [2.75, 3.05) is 52.5 Å². The molecule has 0 radical (unpaired) electrons. The number of nitrogens with zero attached hydrogens (tertiary/aromatic N) is 2. The Morgan fingerprint density at radius 3 is 1.24 bits per heavy atom. The first-order valence-corrected chi connectivity index (χ1v) is 10.5. The highest BCUT2D eigenvalue weighted by Gasteiger charge is 2.26. The minimum absolute atomic E-state index is 0.393. The molecule has 148 valence electrons. The monoisotopic (exact) mass is 356 g/mol. The van der Waals surface area contributed by atoms with Crippen molar-refractivity contribution in [1.82, 2.24) is 9.80 Å². The van der Waals surface area contributed by atoms with Crippen molar-refractivity contribution in [2.45, 2.75) is 77.8 Å². The van der Waals surface area contributed by atoms with Gasteiger partial charge in [-0.05, 0) is 25.7 Å². The van der Waals surface area contributed by atoms with Gasteiger partial charge in [-0.25, -0.2) is 0 Å². The molecule has 4 unspecified atom stereocenters. The first-order chi connectivity index (χ1) is 12.2. The fourth-order valence-corrected chi connectivity index (χ4v) is 3.77. The van der Waals surface area contributed by atoms with E-state index in [1.807, 2.05) is 0 Å². The Morgan fingerprint density at radius 1 is 0.640 bits per heavy atom. The van der Waals surface area contributed by atoms with Crippen molar-refractivity contribution in [2.24, 2.45) is 0 Å². The minimum atomic E-state index is 0.393. The summed E-state index contributed by atoms with van der Waals surface area (Å²) in [7, 11) is 0. The maximum absolute atomic E-state index is 6.06. The Morgan fingerprint density at radius 2 is 0.960 bits per heavy atom. The molecule has 0 saturated carbocycles. The second kappa shape index (κ2) is 11.5. The van der Waals surface area contributed by atoms with Crippen LogP contribution in [0.25, 0.3) is 0 Å². The third-order valence-corrected chi connectivity index (χ3v) is 5.54. The van der Waals surface area contributed by atoms with E-state index < -0.39 is 0 Å². The Balaban J connectivity index is 1.61. The van der Waals surface area contributed by atoms with Crippen LogP contribution in [0.15, 0.2) is 0 Å². The van der Waals surface area contributed by atoms with Gasteiger partial charge >= 0.3 is 0 Å². The second-order valence-corrected chi connectivity index (χ2v) is 7.52. The van der Waals surface area contributed by atoms with Crippen LogP contribution in [-0.2, 0) is 14.2 Å². The Bertz CT molecular complexity index is 300. The minimum Gasteiger partial charge on any atom is -0.379 e. The van der Waals surface area contributed by atoms with Gasteiger partial charge in [0, 0.05) is 39.3 Å². The van der Waals surface area contributed by atoms with Crippen LogP contribution in [0.5, 0.6) is 0 Å². The summed E-state index contributed by atoms with van der Waals surface area (Å²) in [4.78, 5) is 5.03. The van der Waals surface area contributed by atoms with Crippen molar-refractivity contribution < 1.29 is 14.2 Å². The van der Waals surface area contributed by atoms with Gasteiger partial charge in [-0.2, -0.15) is 0 Å². The molecule has 0 aliphatic carbocycles. The molecule has 25 heavy (non-hydrogen) atoms. The van der Waals surface area contributed by atoms with Crippen molar-refractivity contribution >= 4 is 0 Å². The van der Waals surface area contributed by atoms with Crippen LogP contribution in [-0.4, -0.2) is 86.7 Å². The van der Waals surface area contributed by atoms with E-state index in [1.165, 1.54) is 0 Å². The summed E-state index contributed by atoms with van der Waals surface area (Å²) < 4.78 is 18.1. The Hall–Kier alpha value is -0.200. The van der Waals surface area contributed by atoms with Gasteiger partial charge in [-0.1, -0.05) is 27.7 Å². The molecule has 2 aliphatic rings. The molecule has 4 atom stereocenters. The van der Waals surface area contributed by atoms with E-state index in [-0.39, 0.29) is 0 Å². The molecule has 5 heteroatoms. The topological polar surface area (TPSA) is 34.2 Å². The van der Waals surface area contributed by atoms with Crippen molar-refractivity contribution in [3.63, 3.8) is 0 Å². The zero-order chi connectivity index (χ0) is 18.1. The molecule has 0 spiro atoms. The summed E-state index contributed by atoms with van der Waals surface area (Å²) in [6.45, 7) is 16.8. The highest BCUT2D eigenvalue weighted by molar-refractivity contribution is 4.77. The number of hydrogen-bond donors (Lipinski definition) is 0. The number of rotatable bonds is 10. The van der Waals surface area contributed by atoms with Crippen LogP contribution in [0.3, 0.4) is 0 Å². The lowest BCUT2D eigenvalue weighted by molar-refractivity contribution is -0.0965. The smallest absolute Gasteiger partial charge is 0.0703 e. The maximum Gasteiger partial charge on any atom is 0.0703 e. The molecule has 0 aromatic heterocycles. The lowest BCUT2D eigenvalue weighted by Crippen LogP contribution is -2.49. The van der Waals surface area contributed by atoms with E-state index in [0.29, 0.717) is 24.4 Å². The van der Waals surface area contributed by atoms with Crippen molar-refractivity contribution in [3.8, 4) is 0 Å². The number of ether oxygens (including phenoxy) is 3. The third-order valence-electron chi connectivity index (χ3n) is 5.54. The van der Waals surface area contributed by atoms with Crippen LogP contribution < -0.4 is 0 Å². The van der Waals surface area contributed by atoms with Gasteiger partial charge in [0.05, 0.1) is 37.6 Å². The normalized spacial score (nSPS) is 32.2. The van der Waals surface area contributed by atoms with Gasteiger partial charge in [0.1, 0.15) is 0 Å². The predicted molar refractivity (Wildman–Crippen MR) is 102 cm³/mol. The largest absolute Gasteiger partial charge is 0.379 e.